The topological polar surface area (TPSA) is 60.0 Å². The van der Waals surface area contributed by atoms with E-state index in [2.05, 4.69) is 10.2 Å². The summed E-state index contributed by atoms with van der Waals surface area (Å²) >= 11 is 0. The Labute approximate surface area is 136 Å². The Morgan fingerprint density at radius 1 is 1.23 bits per heavy atom. The third kappa shape index (κ3) is 4.25. The van der Waals surface area contributed by atoms with Gasteiger partial charge in [-0.15, -0.1) is 12.4 Å². The summed E-state index contributed by atoms with van der Waals surface area (Å²) in [7, 11) is 0. The van der Waals surface area contributed by atoms with Crippen LogP contribution in [0.25, 0.3) is 0 Å². The minimum absolute atomic E-state index is 0. The van der Waals surface area contributed by atoms with Gasteiger partial charge in [-0.25, -0.2) is 0 Å². The number of carbonyl (C=O) groups is 1. The van der Waals surface area contributed by atoms with E-state index in [1.165, 1.54) is 0 Å². The fourth-order valence-corrected chi connectivity index (χ4v) is 2.42. The summed E-state index contributed by atoms with van der Waals surface area (Å²) in [5.41, 5.74) is 0. The van der Waals surface area contributed by atoms with Gasteiger partial charge in [0.25, 0.3) is 5.91 Å². The maximum atomic E-state index is 12.1. The molecule has 7 heteroatoms. The molecular formula is C15H21ClN2O4. The second-order valence-electron chi connectivity index (χ2n) is 5.11. The number of halogens is 1. The Morgan fingerprint density at radius 2 is 1.95 bits per heavy atom. The van der Waals surface area contributed by atoms with Crippen LogP contribution in [-0.2, 0) is 9.53 Å². The average Bonchev–Trinajstić information content (AvgIpc) is 2.55. The molecule has 1 fully saturated rings. The highest BCUT2D eigenvalue weighted by atomic mass is 35.5. The van der Waals surface area contributed by atoms with E-state index in [1.54, 1.807) is 0 Å². The minimum atomic E-state index is -0.579. The van der Waals surface area contributed by atoms with E-state index in [1.807, 2.05) is 24.3 Å². The highest BCUT2D eigenvalue weighted by Gasteiger charge is 2.26. The van der Waals surface area contributed by atoms with Crippen LogP contribution >= 0.6 is 12.4 Å². The van der Waals surface area contributed by atoms with Crippen molar-refractivity contribution in [3.63, 3.8) is 0 Å². The van der Waals surface area contributed by atoms with Gasteiger partial charge < -0.3 is 19.5 Å². The maximum Gasteiger partial charge on any atom is 0.264 e. The van der Waals surface area contributed by atoms with Crippen LogP contribution in [-0.4, -0.2) is 62.9 Å². The van der Waals surface area contributed by atoms with Gasteiger partial charge in [0.05, 0.1) is 13.2 Å². The molecule has 6 nitrogen and oxygen atoms in total. The molecule has 0 spiro atoms. The second-order valence-corrected chi connectivity index (χ2v) is 5.11. The number of fused-ring (bicyclic) bond motifs is 1. The van der Waals surface area contributed by atoms with Gasteiger partial charge in [-0.3, -0.25) is 9.69 Å². The van der Waals surface area contributed by atoms with Crippen molar-refractivity contribution >= 4 is 18.3 Å². The summed E-state index contributed by atoms with van der Waals surface area (Å²) in [5.74, 6) is 1.18. The van der Waals surface area contributed by atoms with E-state index in [0.29, 0.717) is 18.0 Å². The van der Waals surface area contributed by atoms with Crippen LogP contribution in [0.1, 0.15) is 0 Å². The molecule has 1 aromatic rings. The van der Waals surface area contributed by atoms with Gasteiger partial charge >= 0.3 is 0 Å². The Bertz CT molecular complexity index is 494. The Hall–Kier alpha value is -1.50. The lowest BCUT2D eigenvalue weighted by molar-refractivity contribution is -0.130. The second kappa shape index (κ2) is 8.22. The average molecular weight is 329 g/mol. The van der Waals surface area contributed by atoms with Crippen molar-refractivity contribution < 1.29 is 19.0 Å². The third-order valence-electron chi connectivity index (χ3n) is 3.63. The van der Waals surface area contributed by atoms with Crippen LogP contribution in [0.15, 0.2) is 24.3 Å². The SMILES string of the molecule is Cl.O=C(NCCN1CCOCC1)C1COc2ccccc2O1. The molecule has 2 heterocycles. The number of para-hydroxylation sites is 2. The van der Waals surface area contributed by atoms with Crippen molar-refractivity contribution in [2.24, 2.45) is 0 Å². The Kier molecular flexibility index (Phi) is 6.30. The van der Waals surface area contributed by atoms with E-state index in [9.17, 15) is 4.79 Å². The van der Waals surface area contributed by atoms with E-state index in [0.717, 1.165) is 32.8 Å². The number of nitrogens with one attached hydrogen (secondary N) is 1. The summed E-state index contributed by atoms with van der Waals surface area (Å²) in [6, 6.07) is 7.39. The van der Waals surface area contributed by atoms with Crippen molar-refractivity contribution in [1.29, 1.82) is 0 Å². The van der Waals surface area contributed by atoms with Crippen molar-refractivity contribution in [3.05, 3.63) is 24.3 Å². The van der Waals surface area contributed by atoms with Gasteiger partial charge in [-0.05, 0) is 12.1 Å². The molecule has 0 radical (unpaired) electrons. The summed E-state index contributed by atoms with van der Waals surface area (Å²) in [6.07, 6.45) is -0.579. The molecule has 0 aromatic heterocycles. The Balaban J connectivity index is 0.00000176. The van der Waals surface area contributed by atoms with Crippen molar-refractivity contribution in [2.45, 2.75) is 6.10 Å². The largest absolute Gasteiger partial charge is 0.485 e. The molecule has 1 atom stereocenters. The van der Waals surface area contributed by atoms with Crippen molar-refractivity contribution in [2.75, 3.05) is 46.0 Å². The molecule has 1 unspecified atom stereocenters. The molecule has 1 aromatic carbocycles. The van der Waals surface area contributed by atoms with E-state index < -0.39 is 6.10 Å². The lowest BCUT2D eigenvalue weighted by atomic mass is 10.2. The molecule has 3 rings (SSSR count). The number of hydrogen-bond acceptors (Lipinski definition) is 5. The minimum Gasteiger partial charge on any atom is -0.485 e. The maximum absolute atomic E-state index is 12.1. The zero-order chi connectivity index (χ0) is 14.5. The number of benzene rings is 1. The lowest BCUT2D eigenvalue weighted by Gasteiger charge is -2.28. The monoisotopic (exact) mass is 328 g/mol. The fraction of sp³-hybridized carbons (Fsp3) is 0.533. The summed E-state index contributed by atoms with van der Waals surface area (Å²) in [6.45, 7) is 5.08. The van der Waals surface area contributed by atoms with Crippen LogP contribution in [0.2, 0.25) is 0 Å². The zero-order valence-electron chi connectivity index (χ0n) is 12.3. The van der Waals surface area contributed by atoms with Crippen LogP contribution < -0.4 is 14.8 Å². The molecule has 1 saturated heterocycles. The molecule has 0 bridgehead atoms. The summed E-state index contributed by atoms with van der Waals surface area (Å²) in [5, 5.41) is 2.90. The molecule has 0 aliphatic carbocycles. The number of carbonyl (C=O) groups excluding carboxylic acids is 1. The van der Waals surface area contributed by atoms with Crippen LogP contribution in [0.4, 0.5) is 0 Å². The van der Waals surface area contributed by atoms with Gasteiger partial charge in [0.2, 0.25) is 6.10 Å². The van der Waals surface area contributed by atoms with Gasteiger partial charge in [-0.2, -0.15) is 0 Å². The standard InChI is InChI=1S/C15H20N2O4.ClH/c18-15(16-5-6-17-7-9-19-10-8-17)14-11-20-12-3-1-2-4-13(12)21-14;/h1-4,14H,5-11H2,(H,16,18);1H. The first-order valence-electron chi connectivity index (χ1n) is 7.29. The van der Waals surface area contributed by atoms with Crippen LogP contribution in [0, 0.1) is 0 Å². The lowest BCUT2D eigenvalue weighted by Crippen LogP contribution is -2.47. The van der Waals surface area contributed by atoms with Crippen LogP contribution in [0.5, 0.6) is 11.5 Å². The van der Waals surface area contributed by atoms with Crippen LogP contribution in [0.3, 0.4) is 0 Å². The number of nitrogens with zero attached hydrogens (tertiary/aromatic N) is 1. The molecule has 2 aliphatic rings. The highest BCUT2D eigenvalue weighted by molar-refractivity contribution is 5.85. The number of morpholine rings is 1. The summed E-state index contributed by atoms with van der Waals surface area (Å²) in [4.78, 5) is 14.4. The first-order valence-corrected chi connectivity index (χ1v) is 7.29. The van der Waals surface area contributed by atoms with E-state index in [-0.39, 0.29) is 24.9 Å². The molecule has 122 valence electrons. The smallest absolute Gasteiger partial charge is 0.264 e. The first-order chi connectivity index (χ1) is 10.3. The molecule has 1 N–H and O–H groups in total. The summed E-state index contributed by atoms with van der Waals surface area (Å²) < 4.78 is 16.5. The van der Waals surface area contributed by atoms with Gasteiger partial charge in [0.1, 0.15) is 6.61 Å². The molecular weight excluding hydrogens is 308 g/mol. The number of amides is 1. The van der Waals surface area contributed by atoms with Crippen molar-refractivity contribution in [1.82, 2.24) is 10.2 Å². The number of ether oxygens (including phenoxy) is 3. The predicted molar refractivity (Wildman–Crippen MR) is 83.9 cm³/mol. The highest BCUT2D eigenvalue weighted by Crippen LogP contribution is 2.30. The van der Waals surface area contributed by atoms with Gasteiger partial charge in [0.15, 0.2) is 11.5 Å². The first kappa shape index (κ1) is 16.9. The van der Waals surface area contributed by atoms with Gasteiger partial charge in [0, 0.05) is 26.2 Å². The quantitative estimate of drug-likeness (QED) is 0.881. The number of hydrogen-bond donors (Lipinski definition) is 1. The Morgan fingerprint density at radius 3 is 2.73 bits per heavy atom. The normalized spacial score (nSPS) is 20.8. The molecule has 1 amide bonds. The fourth-order valence-electron chi connectivity index (χ4n) is 2.42. The number of rotatable bonds is 4. The molecule has 2 aliphatic heterocycles. The zero-order valence-corrected chi connectivity index (χ0v) is 13.1. The van der Waals surface area contributed by atoms with E-state index >= 15 is 0 Å². The third-order valence-corrected chi connectivity index (χ3v) is 3.63. The van der Waals surface area contributed by atoms with Gasteiger partial charge in [-0.1, -0.05) is 12.1 Å². The predicted octanol–water partition coefficient (Wildman–Crippen LogP) is 0.697. The van der Waals surface area contributed by atoms with E-state index in [4.69, 9.17) is 14.2 Å². The molecule has 0 saturated carbocycles. The van der Waals surface area contributed by atoms with Crippen molar-refractivity contribution in [3.8, 4) is 11.5 Å². The molecule has 22 heavy (non-hydrogen) atoms.